The molecule has 0 heterocycles. The Labute approximate surface area is 330 Å². The van der Waals surface area contributed by atoms with Gasteiger partial charge in [0, 0.05) is 13.0 Å². The molecule has 0 aliphatic rings. The van der Waals surface area contributed by atoms with Crippen molar-refractivity contribution in [3.63, 3.8) is 0 Å². The Morgan fingerprint density at radius 2 is 1.06 bits per heavy atom. The van der Waals surface area contributed by atoms with Crippen molar-refractivity contribution in [3.8, 4) is 0 Å². The van der Waals surface area contributed by atoms with Crippen molar-refractivity contribution < 1.29 is 32.8 Å². The van der Waals surface area contributed by atoms with E-state index in [4.69, 9.17) is 24.3 Å². The van der Waals surface area contributed by atoms with Gasteiger partial charge >= 0.3 is 13.8 Å². The van der Waals surface area contributed by atoms with E-state index in [1.807, 2.05) is 18.2 Å². The van der Waals surface area contributed by atoms with Crippen LogP contribution in [0.1, 0.15) is 149 Å². The standard InChI is InChI=1S/C45H76NO7P/c1-3-5-7-9-11-13-15-17-19-21-22-23-24-26-28-30-32-34-36-38-45(47)53-44(43-52-54(48,49)51-41-39-46)42-50-40-37-35-33-31-29-27-25-20-18-16-14-12-10-8-6-4-2/h5,7,11,13-14,16-17,19,22-23,26,28,32,34,37,40,44H,3-4,6,8-10,12,15,18,20-21,24-25,27,29-31,33,35-36,38-39,41-43,46H2,1-2H3,(H,48,49). The van der Waals surface area contributed by atoms with Gasteiger partial charge in [-0.25, -0.2) is 4.57 Å². The van der Waals surface area contributed by atoms with E-state index in [0.717, 1.165) is 51.4 Å². The zero-order valence-corrected chi connectivity index (χ0v) is 34.8. The first-order valence-electron chi connectivity index (χ1n) is 20.8. The molecule has 2 atom stereocenters. The lowest BCUT2D eigenvalue weighted by molar-refractivity contribution is -0.153. The van der Waals surface area contributed by atoms with Gasteiger partial charge in [0.2, 0.25) is 0 Å². The third-order valence-corrected chi connectivity index (χ3v) is 9.05. The molecule has 308 valence electrons. The summed E-state index contributed by atoms with van der Waals surface area (Å²) in [7, 11) is -4.32. The van der Waals surface area contributed by atoms with Crippen LogP contribution in [0.25, 0.3) is 0 Å². The number of esters is 1. The number of nitrogens with two attached hydrogens (primary N) is 1. The molecule has 0 aliphatic heterocycles. The number of phosphoric acid groups is 1. The summed E-state index contributed by atoms with van der Waals surface area (Å²) in [6, 6.07) is 0. The first-order chi connectivity index (χ1) is 26.4. The van der Waals surface area contributed by atoms with Gasteiger partial charge < -0.3 is 20.1 Å². The van der Waals surface area contributed by atoms with Gasteiger partial charge in [-0.1, -0.05) is 144 Å². The van der Waals surface area contributed by atoms with Gasteiger partial charge in [-0.2, -0.15) is 0 Å². The lowest BCUT2D eigenvalue weighted by Gasteiger charge is -2.19. The van der Waals surface area contributed by atoms with Gasteiger partial charge in [-0.05, 0) is 89.5 Å². The van der Waals surface area contributed by atoms with Crippen LogP contribution in [0.4, 0.5) is 0 Å². The van der Waals surface area contributed by atoms with E-state index in [-0.39, 0.29) is 32.8 Å². The van der Waals surface area contributed by atoms with Gasteiger partial charge in [0.05, 0.1) is 19.5 Å². The van der Waals surface area contributed by atoms with Crippen molar-refractivity contribution in [1.29, 1.82) is 0 Å². The lowest BCUT2D eigenvalue weighted by atomic mass is 10.1. The Kier molecular flexibility index (Phi) is 39.3. The van der Waals surface area contributed by atoms with Crippen molar-refractivity contribution in [2.75, 3.05) is 26.4 Å². The van der Waals surface area contributed by atoms with Gasteiger partial charge in [0.15, 0.2) is 6.10 Å². The van der Waals surface area contributed by atoms with Crippen molar-refractivity contribution >= 4 is 13.8 Å². The molecule has 0 aromatic rings. The number of hydrogen-bond acceptors (Lipinski definition) is 7. The van der Waals surface area contributed by atoms with Gasteiger partial charge in [-0.15, -0.1) is 0 Å². The highest BCUT2D eigenvalue weighted by molar-refractivity contribution is 7.47. The van der Waals surface area contributed by atoms with Crippen molar-refractivity contribution in [1.82, 2.24) is 0 Å². The van der Waals surface area contributed by atoms with E-state index in [0.29, 0.717) is 6.42 Å². The predicted octanol–water partition coefficient (Wildman–Crippen LogP) is 12.6. The molecule has 3 N–H and O–H groups in total. The summed E-state index contributed by atoms with van der Waals surface area (Å²) in [5.74, 6) is -0.440. The fourth-order valence-corrected chi connectivity index (χ4v) is 5.80. The smallest absolute Gasteiger partial charge is 0.472 e. The molecule has 54 heavy (non-hydrogen) atoms. The number of rotatable bonds is 38. The largest absolute Gasteiger partial charge is 0.498 e. The topological polar surface area (TPSA) is 117 Å². The quantitative estimate of drug-likeness (QED) is 0.0209. The fraction of sp³-hybridized carbons (Fsp3) is 0.622. The van der Waals surface area contributed by atoms with Crippen LogP contribution in [0.5, 0.6) is 0 Å². The van der Waals surface area contributed by atoms with E-state index in [1.54, 1.807) is 6.26 Å². The molecule has 0 aliphatic carbocycles. The van der Waals surface area contributed by atoms with Crippen LogP contribution in [0.15, 0.2) is 97.4 Å². The Balaban J connectivity index is 4.28. The third kappa shape index (κ3) is 40.4. The molecule has 0 radical (unpaired) electrons. The highest BCUT2D eigenvalue weighted by atomic mass is 31.2. The highest BCUT2D eigenvalue weighted by Gasteiger charge is 2.25. The SMILES string of the molecule is CCC=CCC=CCC=CCC=CCC=CCC=CCCC(=O)OC(COC=CCCCCCCCCC=CCCCCCC)COP(=O)(O)OCCN. The zero-order chi connectivity index (χ0) is 39.5. The number of carbonyl (C=O) groups excluding carboxylic acids is 1. The monoisotopic (exact) mass is 774 g/mol. The van der Waals surface area contributed by atoms with Crippen molar-refractivity contribution in [2.45, 2.75) is 155 Å². The summed E-state index contributed by atoms with van der Waals surface area (Å²) in [5.41, 5.74) is 5.35. The molecule has 0 amide bonds. The van der Waals surface area contributed by atoms with E-state index in [2.05, 4.69) is 86.8 Å². The molecule has 0 aromatic carbocycles. The van der Waals surface area contributed by atoms with Crippen LogP contribution in [-0.4, -0.2) is 43.3 Å². The molecular formula is C45H76NO7P. The first kappa shape index (κ1) is 51.3. The van der Waals surface area contributed by atoms with E-state index < -0.39 is 19.9 Å². The summed E-state index contributed by atoms with van der Waals surface area (Å²) in [5, 5.41) is 0. The van der Waals surface area contributed by atoms with Crippen molar-refractivity contribution in [3.05, 3.63) is 97.4 Å². The summed E-state index contributed by atoms with van der Waals surface area (Å²) in [6.45, 7) is 3.99. The van der Waals surface area contributed by atoms with Gasteiger partial charge in [0.1, 0.15) is 6.61 Å². The number of carbonyl (C=O) groups is 1. The van der Waals surface area contributed by atoms with Gasteiger partial charge in [-0.3, -0.25) is 13.8 Å². The minimum atomic E-state index is -4.32. The molecule has 0 saturated heterocycles. The number of allylic oxidation sites excluding steroid dienone is 15. The fourth-order valence-electron chi connectivity index (χ4n) is 5.04. The molecule has 9 heteroatoms. The normalized spacial score (nSPS) is 14.4. The molecule has 2 unspecified atom stereocenters. The molecule has 0 saturated carbocycles. The molecule has 0 bridgehead atoms. The summed E-state index contributed by atoms with van der Waals surface area (Å²) in [6.07, 6.45) is 55.3. The average Bonchev–Trinajstić information content (AvgIpc) is 3.16. The first-order valence-corrected chi connectivity index (χ1v) is 22.3. The third-order valence-electron chi connectivity index (χ3n) is 8.06. The minimum absolute atomic E-state index is 0.00771. The maximum atomic E-state index is 12.5. The predicted molar refractivity (Wildman–Crippen MR) is 228 cm³/mol. The summed E-state index contributed by atoms with van der Waals surface area (Å²) < 4.78 is 33.0. The molecule has 0 aromatic heterocycles. The van der Waals surface area contributed by atoms with E-state index in [1.165, 1.54) is 70.6 Å². The Morgan fingerprint density at radius 1 is 0.593 bits per heavy atom. The Bertz CT molecular complexity index is 1140. The van der Waals surface area contributed by atoms with Crippen LogP contribution >= 0.6 is 7.82 Å². The van der Waals surface area contributed by atoms with Crippen molar-refractivity contribution in [2.24, 2.45) is 5.73 Å². The number of ether oxygens (including phenoxy) is 2. The molecule has 0 spiro atoms. The highest BCUT2D eigenvalue weighted by Crippen LogP contribution is 2.43. The number of hydrogen-bond donors (Lipinski definition) is 2. The molecule has 0 fully saturated rings. The number of phosphoric ester groups is 1. The lowest BCUT2D eigenvalue weighted by Crippen LogP contribution is -2.27. The second-order valence-electron chi connectivity index (χ2n) is 13.2. The molecule has 8 nitrogen and oxygen atoms in total. The van der Waals surface area contributed by atoms with Crippen LogP contribution in [0.3, 0.4) is 0 Å². The van der Waals surface area contributed by atoms with Crippen LogP contribution in [0.2, 0.25) is 0 Å². The molecule has 0 rings (SSSR count). The average molecular weight is 774 g/mol. The second-order valence-corrected chi connectivity index (χ2v) is 14.6. The zero-order valence-electron chi connectivity index (χ0n) is 33.9. The molecular weight excluding hydrogens is 697 g/mol. The second kappa shape index (κ2) is 41.4. The summed E-state index contributed by atoms with van der Waals surface area (Å²) in [4.78, 5) is 22.4. The van der Waals surface area contributed by atoms with Crippen LogP contribution in [0, 0.1) is 0 Å². The Hall–Kier alpha value is -2.74. The maximum absolute atomic E-state index is 12.5. The van der Waals surface area contributed by atoms with Gasteiger partial charge in [0.25, 0.3) is 0 Å². The van der Waals surface area contributed by atoms with Crippen LogP contribution in [-0.2, 0) is 27.9 Å². The van der Waals surface area contributed by atoms with Crippen LogP contribution < -0.4 is 5.73 Å². The Morgan fingerprint density at radius 3 is 1.57 bits per heavy atom. The maximum Gasteiger partial charge on any atom is 0.472 e. The number of unbranched alkanes of at least 4 members (excludes halogenated alkanes) is 11. The summed E-state index contributed by atoms with van der Waals surface area (Å²) >= 11 is 0. The van der Waals surface area contributed by atoms with E-state index >= 15 is 0 Å². The minimum Gasteiger partial charge on any atom is -0.498 e. The van der Waals surface area contributed by atoms with E-state index in [9.17, 15) is 14.3 Å².